The third-order valence-electron chi connectivity index (χ3n) is 8.64. The van der Waals surface area contributed by atoms with E-state index in [4.69, 9.17) is 9.97 Å². The van der Waals surface area contributed by atoms with E-state index in [-0.39, 0.29) is 0 Å². The monoisotopic (exact) mass is 532 g/mol. The summed E-state index contributed by atoms with van der Waals surface area (Å²) in [5.41, 5.74) is 7.88. The molecule has 9 aromatic rings. The predicted octanol–water partition coefficient (Wildman–Crippen LogP) is 10.7. The zero-order valence-corrected chi connectivity index (χ0v) is 22.8. The maximum absolute atomic E-state index is 5.37. The number of hydrogen-bond donors (Lipinski definition) is 0. The van der Waals surface area contributed by atoms with E-state index in [2.05, 4.69) is 133 Å². The molecule has 9 rings (SSSR count). The standard InChI is InChI=1S/C40H24N2/c1-3-14-32-25(8-1)19-21-34-36(35-22-20-26-9-2-4-15-33(26)40(35)42-39(32)34)30-12-5-11-29(24-30)31-16-6-10-27-17-18-28-13-7-23-41-38(28)37(27)31/h1-24H. The second kappa shape index (κ2) is 8.95. The molecule has 2 heterocycles. The van der Waals surface area contributed by atoms with Crippen molar-refractivity contribution in [2.45, 2.75) is 0 Å². The van der Waals surface area contributed by atoms with Crippen LogP contribution in [0.2, 0.25) is 0 Å². The first-order valence-corrected chi connectivity index (χ1v) is 14.3. The van der Waals surface area contributed by atoms with Crippen LogP contribution in [-0.2, 0) is 0 Å². The van der Waals surface area contributed by atoms with Gasteiger partial charge in [-0.25, -0.2) is 4.98 Å². The summed E-state index contributed by atoms with van der Waals surface area (Å²) < 4.78 is 0. The Hall–Kier alpha value is -5.60. The Kier molecular flexibility index (Phi) is 4.93. The third kappa shape index (κ3) is 3.39. The molecule has 0 aliphatic heterocycles. The second-order valence-corrected chi connectivity index (χ2v) is 11.0. The van der Waals surface area contributed by atoms with Crippen molar-refractivity contribution in [1.82, 2.24) is 9.97 Å². The lowest BCUT2D eigenvalue weighted by Crippen LogP contribution is -1.92. The molecule has 0 aliphatic rings. The SMILES string of the molecule is c1cc(-c2c3ccc4ccccc4c3nc3c2ccc2ccccc23)cc(-c2cccc3ccc4cccnc4c23)c1. The smallest absolute Gasteiger partial charge is 0.0794 e. The molecule has 7 aromatic carbocycles. The molecule has 194 valence electrons. The van der Waals surface area contributed by atoms with E-state index in [9.17, 15) is 0 Å². The molecule has 0 saturated heterocycles. The first-order chi connectivity index (χ1) is 20.8. The van der Waals surface area contributed by atoms with Gasteiger partial charge in [0.05, 0.1) is 16.6 Å². The normalized spacial score (nSPS) is 11.8. The fraction of sp³-hybridized carbons (Fsp3) is 0. The summed E-state index contributed by atoms with van der Waals surface area (Å²) in [4.78, 5) is 10.2. The Morgan fingerprint density at radius 1 is 0.381 bits per heavy atom. The van der Waals surface area contributed by atoms with E-state index in [1.54, 1.807) is 0 Å². The van der Waals surface area contributed by atoms with Crippen molar-refractivity contribution in [3.05, 3.63) is 146 Å². The summed E-state index contributed by atoms with van der Waals surface area (Å²) in [7, 11) is 0. The first kappa shape index (κ1) is 23.1. The van der Waals surface area contributed by atoms with E-state index in [0.717, 1.165) is 21.9 Å². The summed E-state index contributed by atoms with van der Waals surface area (Å²) in [6, 6.07) is 50.1. The minimum Gasteiger partial charge on any atom is -0.256 e. The van der Waals surface area contributed by atoms with Gasteiger partial charge in [0.15, 0.2) is 0 Å². The Labute approximate surface area is 242 Å². The number of nitrogens with zero attached hydrogens (tertiary/aromatic N) is 2. The highest BCUT2D eigenvalue weighted by atomic mass is 14.7. The number of pyridine rings is 2. The molecule has 0 spiro atoms. The predicted molar refractivity (Wildman–Crippen MR) is 178 cm³/mol. The number of benzene rings is 7. The maximum Gasteiger partial charge on any atom is 0.0794 e. The minimum absolute atomic E-state index is 1.04. The third-order valence-corrected chi connectivity index (χ3v) is 8.64. The van der Waals surface area contributed by atoms with Crippen LogP contribution in [0.1, 0.15) is 0 Å². The van der Waals surface area contributed by atoms with Crippen LogP contribution in [0.15, 0.2) is 146 Å². The molecule has 0 saturated carbocycles. The van der Waals surface area contributed by atoms with Gasteiger partial charge in [0.25, 0.3) is 0 Å². The Morgan fingerprint density at radius 3 is 1.74 bits per heavy atom. The molecule has 2 aromatic heterocycles. The fourth-order valence-electron chi connectivity index (χ4n) is 6.72. The van der Waals surface area contributed by atoms with Gasteiger partial charge in [-0.2, -0.15) is 0 Å². The van der Waals surface area contributed by atoms with Crippen molar-refractivity contribution >= 4 is 65.0 Å². The topological polar surface area (TPSA) is 25.8 Å². The average molecular weight is 533 g/mol. The van der Waals surface area contributed by atoms with Crippen molar-refractivity contribution in [2.75, 3.05) is 0 Å². The molecule has 0 atom stereocenters. The van der Waals surface area contributed by atoms with Crippen molar-refractivity contribution < 1.29 is 0 Å². The lowest BCUT2D eigenvalue weighted by atomic mass is 9.90. The van der Waals surface area contributed by atoms with Crippen LogP contribution in [-0.4, -0.2) is 9.97 Å². The van der Waals surface area contributed by atoms with Gasteiger partial charge in [-0.15, -0.1) is 0 Å². The van der Waals surface area contributed by atoms with Crippen LogP contribution in [0.3, 0.4) is 0 Å². The van der Waals surface area contributed by atoms with Crippen molar-refractivity contribution in [3.8, 4) is 22.3 Å². The van der Waals surface area contributed by atoms with Gasteiger partial charge in [-0.3, -0.25) is 4.98 Å². The van der Waals surface area contributed by atoms with Crippen LogP contribution in [0, 0.1) is 0 Å². The Morgan fingerprint density at radius 2 is 0.976 bits per heavy atom. The van der Waals surface area contributed by atoms with Crippen LogP contribution >= 0.6 is 0 Å². The van der Waals surface area contributed by atoms with Crippen LogP contribution in [0.4, 0.5) is 0 Å². The van der Waals surface area contributed by atoms with Crippen molar-refractivity contribution in [3.63, 3.8) is 0 Å². The molecule has 0 bridgehead atoms. The Bertz CT molecular complexity index is 2430. The molecule has 0 amide bonds. The molecule has 2 nitrogen and oxygen atoms in total. The van der Waals surface area contributed by atoms with Gasteiger partial charge >= 0.3 is 0 Å². The largest absolute Gasteiger partial charge is 0.256 e. The highest BCUT2D eigenvalue weighted by Crippen LogP contribution is 2.41. The molecule has 0 N–H and O–H groups in total. The Balaban J connectivity index is 1.39. The molecule has 42 heavy (non-hydrogen) atoms. The number of hydrogen-bond acceptors (Lipinski definition) is 2. The first-order valence-electron chi connectivity index (χ1n) is 14.3. The number of rotatable bonds is 2. The molecule has 0 radical (unpaired) electrons. The minimum atomic E-state index is 1.04. The van der Waals surface area contributed by atoms with Crippen molar-refractivity contribution in [2.24, 2.45) is 0 Å². The molecular formula is C40H24N2. The molecule has 0 aliphatic carbocycles. The van der Waals surface area contributed by atoms with Crippen molar-refractivity contribution in [1.29, 1.82) is 0 Å². The maximum atomic E-state index is 5.37. The molecule has 2 heteroatoms. The summed E-state index contributed by atoms with van der Waals surface area (Å²) >= 11 is 0. The zero-order chi connectivity index (χ0) is 27.6. The van der Waals surface area contributed by atoms with Gasteiger partial charge in [0, 0.05) is 44.1 Å². The number of aromatic nitrogens is 2. The molecule has 0 fully saturated rings. The zero-order valence-electron chi connectivity index (χ0n) is 22.8. The molecular weight excluding hydrogens is 508 g/mol. The van der Waals surface area contributed by atoms with Crippen LogP contribution in [0.25, 0.3) is 87.3 Å². The van der Waals surface area contributed by atoms with E-state index in [0.29, 0.717) is 0 Å². The van der Waals surface area contributed by atoms with Gasteiger partial charge in [-0.05, 0) is 45.0 Å². The quantitative estimate of drug-likeness (QED) is 0.163. The molecule has 0 unspecified atom stereocenters. The van der Waals surface area contributed by atoms with Gasteiger partial charge in [0.2, 0.25) is 0 Å². The van der Waals surface area contributed by atoms with E-state index < -0.39 is 0 Å². The highest BCUT2D eigenvalue weighted by Gasteiger charge is 2.17. The van der Waals surface area contributed by atoms with E-state index in [1.165, 1.54) is 65.3 Å². The highest BCUT2D eigenvalue weighted by molar-refractivity contribution is 6.21. The fourth-order valence-corrected chi connectivity index (χ4v) is 6.72. The lowest BCUT2D eigenvalue weighted by Gasteiger charge is -2.16. The number of fused-ring (bicyclic) bond motifs is 9. The van der Waals surface area contributed by atoms with Crippen LogP contribution in [0.5, 0.6) is 0 Å². The summed E-state index contributed by atoms with van der Waals surface area (Å²) in [5, 5.41) is 10.6. The van der Waals surface area contributed by atoms with Crippen LogP contribution < -0.4 is 0 Å². The van der Waals surface area contributed by atoms with E-state index >= 15 is 0 Å². The second-order valence-electron chi connectivity index (χ2n) is 11.0. The van der Waals surface area contributed by atoms with Gasteiger partial charge in [-0.1, -0.05) is 127 Å². The lowest BCUT2D eigenvalue weighted by molar-refractivity contribution is 1.43. The summed E-state index contributed by atoms with van der Waals surface area (Å²) in [6.45, 7) is 0. The van der Waals surface area contributed by atoms with Gasteiger partial charge in [0.1, 0.15) is 0 Å². The average Bonchev–Trinajstić information content (AvgIpc) is 3.06. The van der Waals surface area contributed by atoms with E-state index in [1.807, 2.05) is 12.3 Å². The summed E-state index contributed by atoms with van der Waals surface area (Å²) in [6.07, 6.45) is 1.89. The van der Waals surface area contributed by atoms with Gasteiger partial charge < -0.3 is 0 Å². The summed E-state index contributed by atoms with van der Waals surface area (Å²) in [5.74, 6) is 0.